The molecule has 2 N–H and O–H groups in total. The van der Waals surface area contributed by atoms with Gasteiger partial charge in [0, 0.05) is 10.0 Å². The van der Waals surface area contributed by atoms with Gasteiger partial charge in [-0.05, 0) is 28.1 Å². The third kappa shape index (κ3) is 2.28. The highest BCUT2D eigenvalue weighted by Gasteiger charge is 2.11. The molecule has 70 valence electrons. The Morgan fingerprint density at radius 3 is 2.69 bits per heavy atom. The van der Waals surface area contributed by atoms with E-state index in [2.05, 4.69) is 31.9 Å². The quantitative estimate of drug-likeness (QED) is 0.518. The number of Topliss-reactive ketones (excluding diaryl/α,β-unsaturated/α-hetero) is 1. The van der Waals surface area contributed by atoms with E-state index in [0.717, 1.165) is 6.07 Å². The Kier molecular flexibility index (Phi) is 3.44. The van der Waals surface area contributed by atoms with Gasteiger partial charge in [0.1, 0.15) is 5.82 Å². The van der Waals surface area contributed by atoms with Gasteiger partial charge in [-0.3, -0.25) is 4.79 Å². The van der Waals surface area contributed by atoms with Crippen molar-refractivity contribution in [3.63, 3.8) is 0 Å². The monoisotopic (exact) mass is 309 g/mol. The molecular weight excluding hydrogens is 305 g/mol. The number of alkyl halides is 1. The lowest BCUT2D eigenvalue weighted by atomic mass is 10.1. The molecule has 0 saturated carbocycles. The minimum atomic E-state index is -0.576. The highest BCUT2D eigenvalue weighted by molar-refractivity contribution is 9.10. The van der Waals surface area contributed by atoms with Crippen LogP contribution in [0.3, 0.4) is 0 Å². The van der Waals surface area contributed by atoms with Crippen molar-refractivity contribution in [3.8, 4) is 0 Å². The largest absolute Gasteiger partial charge is 0.396 e. The van der Waals surface area contributed by atoms with Crippen molar-refractivity contribution >= 4 is 43.3 Å². The molecule has 5 heteroatoms. The zero-order valence-electron chi connectivity index (χ0n) is 6.48. The number of ketones is 1. The predicted octanol–water partition coefficient (Wildman–Crippen LogP) is 2.75. The normalized spacial score (nSPS) is 10.1. The maximum Gasteiger partial charge on any atom is 0.174 e. The van der Waals surface area contributed by atoms with Crippen LogP contribution in [0.25, 0.3) is 0 Å². The standard InChI is InChI=1S/C8H6Br2FNO/c9-3-8(13)4-1-6(11)7(12)2-5(4)10/h1-2H,3,12H2. The number of halogens is 3. The molecule has 0 bridgehead atoms. The van der Waals surface area contributed by atoms with Crippen LogP contribution in [0, 0.1) is 5.82 Å². The van der Waals surface area contributed by atoms with Crippen molar-refractivity contribution in [2.75, 3.05) is 11.1 Å². The first-order chi connectivity index (χ1) is 6.06. The summed E-state index contributed by atoms with van der Waals surface area (Å²) in [5.74, 6) is -0.765. The van der Waals surface area contributed by atoms with Crippen LogP contribution in [-0.2, 0) is 0 Å². The summed E-state index contributed by atoms with van der Waals surface area (Å²) in [7, 11) is 0. The number of benzene rings is 1. The first-order valence-corrected chi connectivity index (χ1v) is 5.31. The number of nitrogen functional groups attached to an aromatic ring is 1. The van der Waals surface area contributed by atoms with Crippen molar-refractivity contribution in [2.45, 2.75) is 0 Å². The summed E-state index contributed by atoms with van der Waals surface area (Å²) >= 11 is 6.14. The molecule has 0 atom stereocenters. The molecule has 0 aliphatic rings. The van der Waals surface area contributed by atoms with Gasteiger partial charge in [0.05, 0.1) is 11.0 Å². The topological polar surface area (TPSA) is 43.1 Å². The zero-order chi connectivity index (χ0) is 10.0. The maximum absolute atomic E-state index is 12.9. The van der Waals surface area contributed by atoms with Crippen molar-refractivity contribution in [2.24, 2.45) is 0 Å². The van der Waals surface area contributed by atoms with Gasteiger partial charge in [0.15, 0.2) is 5.78 Å². The van der Waals surface area contributed by atoms with Gasteiger partial charge >= 0.3 is 0 Å². The van der Waals surface area contributed by atoms with Gasteiger partial charge < -0.3 is 5.73 Å². The summed E-state index contributed by atoms with van der Waals surface area (Å²) < 4.78 is 13.5. The minimum Gasteiger partial charge on any atom is -0.396 e. The van der Waals surface area contributed by atoms with Gasteiger partial charge in [-0.2, -0.15) is 0 Å². The van der Waals surface area contributed by atoms with Crippen LogP contribution >= 0.6 is 31.9 Å². The first-order valence-electron chi connectivity index (χ1n) is 3.40. The highest BCUT2D eigenvalue weighted by Crippen LogP contribution is 2.23. The Labute approximate surface area is 91.6 Å². The number of carbonyl (C=O) groups excluding carboxylic acids is 1. The van der Waals surface area contributed by atoms with Crippen LogP contribution in [0.2, 0.25) is 0 Å². The summed E-state index contributed by atoms with van der Waals surface area (Å²) in [6.45, 7) is 0. The van der Waals surface area contributed by atoms with E-state index < -0.39 is 5.82 Å². The Bertz CT molecular complexity index is 354. The molecule has 0 aliphatic heterocycles. The predicted molar refractivity (Wildman–Crippen MR) is 56.6 cm³/mol. The van der Waals surface area contributed by atoms with Crippen molar-refractivity contribution in [1.82, 2.24) is 0 Å². The fourth-order valence-corrected chi connectivity index (χ4v) is 1.73. The number of hydrogen-bond acceptors (Lipinski definition) is 2. The number of nitrogens with two attached hydrogens (primary N) is 1. The van der Waals surface area contributed by atoms with Crippen molar-refractivity contribution < 1.29 is 9.18 Å². The SMILES string of the molecule is Nc1cc(Br)c(C(=O)CBr)cc1F. The van der Waals surface area contributed by atoms with Crippen LogP contribution in [0.1, 0.15) is 10.4 Å². The molecule has 1 rings (SSSR count). The Morgan fingerprint density at radius 2 is 2.15 bits per heavy atom. The van der Waals surface area contributed by atoms with Gasteiger partial charge in [0.25, 0.3) is 0 Å². The summed E-state index contributed by atoms with van der Waals surface area (Å²) in [6.07, 6.45) is 0. The van der Waals surface area contributed by atoms with E-state index in [1.165, 1.54) is 6.07 Å². The lowest BCUT2D eigenvalue weighted by molar-refractivity contribution is 0.102. The van der Waals surface area contributed by atoms with E-state index >= 15 is 0 Å². The van der Waals surface area contributed by atoms with E-state index in [1.54, 1.807) is 0 Å². The van der Waals surface area contributed by atoms with Gasteiger partial charge in [-0.1, -0.05) is 15.9 Å². The smallest absolute Gasteiger partial charge is 0.174 e. The highest BCUT2D eigenvalue weighted by atomic mass is 79.9. The third-order valence-corrected chi connectivity index (χ3v) is 2.67. The molecule has 0 fully saturated rings. The number of hydrogen-bond donors (Lipinski definition) is 1. The second kappa shape index (κ2) is 4.19. The molecular formula is C8H6Br2FNO. The zero-order valence-corrected chi connectivity index (χ0v) is 9.65. The summed E-state index contributed by atoms with van der Waals surface area (Å²) in [6, 6.07) is 2.51. The molecule has 0 unspecified atom stereocenters. The van der Waals surface area contributed by atoms with Crippen LogP contribution in [0.4, 0.5) is 10.1 Å². The molecule has 1 aromatic rings. The Morgan fingerprint density at radius 1 is 1.54 bits per heavy atom. The van der Waals surface area contributed by atoms with Gasteiger partial charge in [-0.25, -0.2) is 4.39 Å². The molecule has 0 aliphatic carbocycles. The maximum atomic E-state index is 12.9. The molecule has 0 aromatic heterocycles. The van der Waals surface area contributed by atoms with Crippen molar-refractivity contribution in [3.05, 3.63) is 28.0 Å². The van der Waals surface area contributed by atoms with Crippen LogP contribution in [0.15, 0.2) is 16.6 Å². The average molecular weight is 311 g/mol. The van der Waals surface area contributed by atoms with E-state index in [0.29, 0.717) is 10.0 Å². The molecule has 2 nitrogen and oxygen atoms in total. The number of carbonyl (C=O) groups is 1. The van der Waals surface area contributed by atoms with Crippen LogP contribution < -0.4 is 5.73 Å². The number of rotatable bonds is 2. The second-order valence-electron chi connectivity index (χ2n) is 2.41. The van der Waals surface area contributed by atoms with E-state index in [9.17, 15) is 9.18 Å². The molecule has 13 heavy (non-hydrogen) atoms. The van der Waals surface area contributed by atoms with Crippen LogP contribution in [0.5, 0.6) is 0 Å². The Balaban J connectivity index is 3.23. The van der Waals surface area contributed by atoms with E-state index in [1.807, 2.05) is 0 Å². The van der Waals surface area contributed by atoms with E-state index in [-0.39, 0.29) is 16.8 Å². The molecule has 1 aromatic carbocycles. The average Bonchev–Trinajstić information content (AvgIpc) is 2.10. The summed E-state index contributed by atoms with van der Waals surface area (Å²) in [4.78, 5) is 11.2. The lowest BCUT2D eigenvalue weighted by Gasteiger charge is -2.03. The lowest BCUT2D eigenvalue weighted by Crippen LogP contribution is -2.03. The molecule has 0 spiro atoms. The molecule has 0 saturated heterocycles. The fraction of sp³-hybridized carbons (Fsp3) is 0.125. The summed E-state index contributed by atoms with van der Waals surface area (Å²) in [5.41, 5.74) is 5.62. The van der Waals surface area contributed by atoms with Gasteiger partial charge in [0.2, 0.25) is 0 Å². The molecule has 0 amide bonds. The van der Waals surface area contributed by atoms with Crippen molar-refractivity contribution in [1.29, 1.82) is 0 Å². The summed E-state index contributed by atoms with van der Waals surface area (Å²) in [5, 5.41) is 0.162. The Hall–Kier alpha value is -0.420. The third-order valence-electron chi connectivity index (χ3n) is 1.51. The van der Waals surface area contributed by atoms with E-state index in [4.69, 9.17) is 5.73 Å². The van der Waals surface area contributed by atoms with Gasteiger partial charge in [-0.15, -0.1) is 0 Å². The molecule has 0 heterocycles. The first kappa shape index (κ1) is 10.7. The molecule has 0 radical (unpaired) electrons. The minimum absolute atomic E-state index is 0.0259. The second-order valence-corrected chi connectivity index (χ2v) is 3.83. The fourth-order valence-electron chi connectivity index (χ4n) is 0.848. The van der Waals surface area contributed by atoms with Crippen LogP contribution in [-0.4, -0.2) is 11.1 Å². The number of anilines is 1.